The highest BCUT2D eigenvalue weighted by Gasteiger charge is 2.11. The average molecular weight is 249 g/mol. The highest BCUT2D eigenvalue weighted by Crippen LogP contribution is 2.04. The fourth-order valence-corrected chi connectivity index (χ4v) is 1.61. The van der Waals surface area contributed by atoms with Crippen LogP contribution in [0.4, 0.5) is 0 Å². The first kappa shape index (κ1) is 14.2. The Morgan fingerprint density at radius 3 is 2.50 bits per heavy atom. The van der Waals surface area contributed by atoms with Crippen molar-refractivity contribution in [3.63, 3.8) is 0 Å². The van der Waals surface area contributed by atoms with Gasteiger partial charge in [0.2, 0.25) is 11.8 Å². The van der Waals surface area contributed by atoms with Gasteiger partial charge in [0.25, 0.3) is 0 Å². The van der Waals surface area contributed by atoms with Crippen LogP contribution in [-0.4, -0.2) is 36.9 Å². The summed E-state index contributed by atoms with van der Waals surface area (Å²) in [5.74, 6) is -0.430. The smallest absolute Gasteiger partial charge is 0.233 e. The van der Waals surface area contributed by atoms with Crippen molar-refractivity contribution in [3.05, 3.63) is 35.9 Å². The van der Waals surface area contributed by atoms with Crippen molar-refractivity contribution in [1.29, 1.82) is 0 Å². The van der Waals surface area contributed by atoms with Gasteiger partial charge in [-0.2, -0.15) is 0 Å². The van der Waals surface area contributed by atoms with Crippen LogP contribution in [0.1, 0.15) is 12.0 Å². The molecule has 0 radical (unpaired) electrons. The second kappa shape index (κ2) is 7.45. The number of hydrogen-bond acceptors (Lipinski definition) is 3. The average Bonchev–Trinajstić information content (AvgIpc) is 2.37. The van der Waals surface area contributed by atoms with Crippen LogP contribution < -0.4 is 11.1 Å². The summed E-state index contributed by atoms with van der Waals surface area (Å²) >= 11 is 0. The zero-order valence-corrected chi connectivity index (χ0v) is 10.6. The van der Waals surface area contributed by atoms with E-state index in [1.807, 2.05) is 35.2 Å². The molecule has 0 aromatic heterocycles. The van der Waals surface area contributed by atoms with Gasteiger partial charge in [0.1, 0.15) is 0 Å². The lowest BCUT2D eigenvalue weighted by atomic mass is 10.2. The SMILES string of the molecule is CNC(=O)CN(CCC(N)=O)Cc1ccccc1. The summed E-state index contributed by atoms with van der Waals surface area (Å²) in [5, 5.41) is 2.57. The molecule has 0 saturated carbocycles. The first-order valence-corrected chi connectivity index (χ1v) is 5.87. The molecule has 0 fully saturated rings. The number of primary amides is 1. The molecule has 0 saturated heterocycles. The molecule has 0 bridgehead atoms. The van der Waals surface area contributed by atoms with Crippen LogP contribution in [0.15, 0.2) is 30.3 Å². The molecule has 5 nitrogen and oxygen atoms in total. The van der Waals surface area contributed by atoms with Gasteiger partial charge in [0.15, 0.2) is 0 Å². The van der Waals surface area contributed by atoms with Gasteiger partial charge in [0.05, 0.1) is 6.54 Å². The Balaban J connectivity index is 2.58. The zero-order valence-electron chi connectivity index (χ0n) is 10.6. The van der Waals surface area contributed by atoms with Crippen LogP contribution in [0.25, 0.3) is 0 Å². The standard InChI is InChI=1S/C13H19N3O2/c1-15-13(18)10-16(8-7-12(14)17)9-11-5-3-2-4-6-11/h2-6H,7-10H2,1H3,(H2,14,17)(H,15,18). The lowest BCUT2D eigenvalue weighted by Gasteiger charge is -2.20. The Bertz CT molecular complexity index is 392. The molecular weight excluding hydrogens is 230 g/mol. The Morgan fingerprint density at radius 1 is 1.28 bits per heavy atom. The molecule has 18 heavy (non-hydrogen) atoms. The number of likely N-dealkylation sites (N-methyl/N-ethyl adjacent to an activating group) is 1. The molecule has 5 heteroatoms. The van der Waals surface area contributed by atoms with Gasteiger partial charge in [-0.15, -0.1) is 0 Å². The van der Waals surface area contributed by atoms with E-state index in [9.17, 15) is 9.59 Å². The Kier molecular flexibility index (Phi) is 5.87. The normalized spacial score (nSPS) is 10.3. The van der Waals surface area contributed by atoms with Crippen molar-refractivity contribution in [2.24, 2.45) is 5.73 Å². The van der Waals surface area contributed by atoms with Gasteiger partial charge in [0, 0.05) is 26.6 Å². The second-order valence-electron chi connectivity index (χ2n) is 4.09. The van der Waals surface area contributed by atoms with Gasteiger partial charge >= 0.3 is 0 Å². The highest BCUT2D eigenvalue weighted by molar-refractivity contribution is 5.78. The molecule has 0 heterocycles. The number of carbonyl (C=O) groups excluding carboxylic acids is 2. The molecule has 1 aromatic carbocycles. The topological polar surface area (TPSA) is 75.4 Å². The Morgan fingerprint density at radius 2 is 1.94 bits per heavy atom. The minimum Gasteiger partial charge on any atom is -0.370 e. The minimum absolute atomic E-state index is 0.0737. The molecule has 2 amide bonds. The van der Waals surface area contributed by atoms with Crippen LogP contribution in [0.5, 0.6) is 0 Å². The summed E-state index contributed by atoms with van der Waals surface area (Å²) in [6, 6.07) is 9.81. The zero-order chi connectivity index (χ0) is 13.4. The molecule has 0 aliphatic heterocycles. The highest BCUT2D eigenvalue weighted by atomic mass is 16.2. The van der Waals surface area contributed by atoms with Crippen molar-refractivity contribution in [3.8, 4) is 0 Å². The van der Waals surface area contributed by atoms with E-state index in [1.54, 1.807) is 7.05 Å². The summed E-state index contributed by atoms with van der Waals surface area (Å²) in [7, 11) is 1.59. The summed E-state index contributed by atoms with van der Waals surface area (Å²) in [5.41, 5.74) is 6.23. The first-order valence-electron chi connectivity index (χ1n) is 5.87. The fourth-order valence-electron chi connectivity index (χ4n) is 1.61. The van der Waals surface area contributed by atoms with Crippen molar-refractivity contribution in [2.45, 2.75) is 13.0 Å². The third-order valence-corrected chi connectivity index (χ3v) is 2.57. The van der Waals surface area contributed by atoms with Crippen LogP contribution in [-0.2, 0) is 16.1 Å². The molecule has 0 atom stereocenters. The van der Waals surface area contributed by atoms with E-state index in [1.165, 1.54) is 0 Å². The molecule has 0 unspecified atom stereocenters. The molecule has 0 spiro atoms. The second-order valence-corrected chi connectivity index (χ2v) is 4.09. The van der Waals surface area contributed by atoms with E-state index >= 15 is 0 Å². The summed E-state index contributed by atoms with van der Waals surface area (Å²) < 4.78 is 0. The molecular formula is C13H19N3O2. The van der Waals surface area contributed by atoms with E-state index in [4.69, 9.17) is 5.73 Å². The van der Waals surface area contributed by atoms with Crippen molar-refractivity contribution >= 4 is 11.8 Å². The summed E-state index contributed by atoms with van der Waals surface area (Å²) in [6.45, 7) is 1.37. The maximum Gasteiger partial charge on any atom is 0.233 e. The lowest BCUT2D eigenvalue weighted by molar-refractivity contribution is -0.123. The number of carbonyl (C=O) groups is 2. The van der Waals surface area contributed by atoms with Crippen LogP contribution >= 0.6 is 0 Å². The van der Waals surface area contributed by atoms with Crippen molar-refractivity contribution in [2.75, 3.05) is 20.1 Å². The summed E-state index contributed by atoms with van der Waals surface area (Å²) in [4.78, 5) is 24.1. The van der Waals surface area contributed by atoms with Gasteiger partial charge < -0.3 is 11.1 Å². The first-order chi connectivity index (χ1) is 8.61. The maximum atomic E-state index is 11.4. The van der Waals surface area contributed by atoms with Crippen LogP contribution in [0.2, 0.25) is 0 Å². The number of nitrogens with two attached hydrogens (primary N) is 1. The number of nitrogens with one attached hydrogen (secondary N) is 1. The molecule has 98 valence electrons. The molecule has 3 N–H and O–H groups in total. The minimum atomic E-state index is -0.357. The number of amides is 2. The Hall–Kier alpha value is -1.88. The largest absolute Gasteiger partial charge is 0.370 e. The third kappa shape index (κ3) is 5.45. The third-order valence-electron chi connectivity index (χ3n) is 2.57. The van der Waals surface area contributed by atoms with Gasteiger partial charge in [-0.3, -0.25) is 14.5 Å². The van der Waals surface area contributed by atoms with Gasteiger partial charge in [-0.05, 0) is 5.56 Å². The Labute approximate surface area is 107 Å². The number of hydrogen-bond donors (Lipinski definition) is 2. The van der Waals surface area contributed by atoms with Crippen molar-refractivity contribution in [1.82, 2.24) is 10.2 Å². The number of rotatable bonds is 7. The van der Waals surface area contributed by atoms with E-state index in [-0.39, 0.29) is 24.8 Å². The molecule has 1 aromatic rings. The predicted octanol–water partition coefficient (Wildman–Crippen LogP) is 0.110. The molecule has 0 aliphatic rings. The lowest BCUT2D eigenvalue weighted by Crippen LogP contribution is -2.37. The van der Waals surface area contributed by atoms with Crippen molar-refractivity contribution < 1.29 is 9.59 Å². The van der Waals surface area contributed by atoms with E-state index in [2.05, 4.69) is 5.32 Å². The van der Waals surface area contributed by atoms with Crippen LogP contribution in [0.3, 0.4) is 0 Å². The monoisotopic (exact) mass is 249 g/mol. The molecule has 0 aliphatic carbocycles. The molecule has 1 rings (SSSR count). The van der Waals surface area contributed by atoms with E-state index < -0.39 is 0 Å². The fraction of sp³-hybridized carbons (Fsp3) is 0.385. The van der Waals surface area contributed by atoms with E-state index in [0.29, 0.717) is 13.1 Å². The van der Waals surface area contributed by atoms with Crippen LogP contribution in [0, 0.1) is 0 Å². The number of benzene rings is 1. The quantitative estimate of drug-likeness (QED) is 0.720. The van der Waals surface area contributed by atoms with Gasteiger partial charge in [-0.25, -0.2) is 0 Å². The van der Waals surface area contributed by atoms with E-state index in [0.717, 1.165) is 5.56 Å². The predicted molar refractivity (Wildman–Crippen MR) is 69.6 cm³/mol. The maximum absolute atomic E-state index is 11.4. The van der Waals surface area contributed by atoms with Gasteiger partial charge in [-0.1, -0.05) is 30.3 Å². The summed E-state index contributed by atoms with van der Waals surface area (Å²) in [6.07, 6.45) is 0.254. The number of nitrogens with zero attached hydrogens (tertiary/aromatic N) is 1.